The molecule has 0 aliphatic rings. The standard InChI is InChI=1S/C17H13N5O2/c23-12-7-5-11(6-8-12)16-20-15(21-22-16)9-24-17-13-3-1-2-4-14(13)18-10-19-17/h1-8,10,23H,9H2,(H,20,21,22). The Bertz CT molecular complexity index is 976. The van der Waals surface area contributed by atoms with Crippen LogP contribution in [0.2, 0.25) is 0 Å². The van der Waals surface area contributed by atoms with E-state index in [1.807, 2.05) is 24.3 Å². The topological polar surface area (TPSA) is 96.8 Å². The van der Waals surface area contributed by atoms with Crippen molar-refractivity contribution in [2.75, 3.05) is 0 Å². The highest BCUT2D eigenvalue weighted by Crippen LogP contribution is 2.22. The van der Waals surface area contributed by atoms with Crippen molar-refractivity contribution in [1.82, 2.24) is 25.1 Å². The summed E-state index contributed by atoms with van der Waals surface area (Å²) in [6.45, 7) is 0.214. The number of para-hydroxylation sites is 1. The smallest absolute Gasteiger partial charge is 0.224 e. The Morgan fingerprint density at radius 1 is 1.00 bits per heavy atom. The fraction of sp³-hybridized carbons (Fsp3) is 0.0588. The summed E-state index contributed by atoms with van der Waals surface area (Å²) in [5.41, 5.74) is 1.63. The minimum absolute atomic E-state index is 0.202. The lowest BCUT2D eigenvalue weighted by Gasteiger charge is -2.05. The van der Waals surface area contributed by atoms with E-state index < -0.39 is 0 Å². The third-order valence-electron chi connectivity index (χ3n) is 3.51. The van der Waals surface area contributed by atoms with Gasteiger partial charge in [0.15, 0.2) is 11.6 Å². The number of fused-ring (bicyclic) bond motifs is 1. The number of rotatable bonds is 4. The van der Waals surface area contributed by atoms with Crippen LogP contribution in [-0.2, 0) is 6.61 Å². The molecule has 2 aromatic carbocycles. The molecule has 0 spiro atoms. The van der Waals surface area contributed by atoms with Crippen molar-refractivity contribution in [3.05, 3.63) is 60.7 Å². The molecule has 2 N–H and O–H groups in total. The lowest BCUT2D eigenvalue weighted by atomic mass is 10.2. The third kappa shape index (κ3) is 2.74. The zero-order valence-corrected chi connectivity index (χ0v) is 12.5. The molecule has 0 fully saturated rings. The van der Waals surface area contributed by atoms with Crippen molar-refractivity contribution < 1.29 is 9.84 Å². The van der Waals surface area contributed by atoms with E-state index in [1.54, 1.807) is 24.3 Å². The number of hydrogen-bond acceptors (Lipinski definition) is 6. The van der Waals surface area contributed by atoms with Gasteiger partial charge >= 0.3 is 0 Å². The number of hydrogen-bond donors (Lipinski definition) is 2. The van der Waals surface area contributed by atoms with Gasteiger partial charge in [0.25, 0.3) is 0 Å². The molecule has 4 aromatic rings. The molecule has 7 heteroatoms. The summed E-state index contributed by atoms with van der Waals surface area (Å²) in [7, 11) is 0. The zero-order valence-electron chi connectivity index (χ0n) is 12.5. The van der Waals surface area contributed by atoms with Crippen molar-refractivity contribution in [2.45, 2.75) is 6.61 Å². The number of nitrogens with one attached hydrogen (secondary N) is 1. The van der Waals surface area contributed by atoms with Gasteiger partial charge in [-0.2, -0.15) is 5.10 Å². The molecule has 24 heavy (non-hydrogen) atoms. The number of aromatic amines is 1. The molecule has 4 rings (SSSR count). The first-order valence-corrected chi connectivity index (χ1v) is 7.33. The number of ether oxygens (including phenoxy) is 1. The normalized spacial score (nSPS) is 10.8. The predicted molar refractivity (Wildman–Crippen MR) is 87.4 cm³/mol. The Balaban J connectivity index is 1.53. The Labute approximate surface area is 137 Å². The Morgan fingerprint density at radius 3 is 2.71 bits per heavy atom. The second-order valence-corrected chi connectivity index (χ2v) is 5.14. The van der Waals surface area contributed by atoms with Gasteiger partial charge in [0, 0.05) is 5.56 Å². The molecule has 0 aliphatic carbocycles. The van der Waals surface area contributed by atoms with Gasteiger partial charge in [-0.15, -0.1) is 0 Å². The molecule has 0 amide bonds. The van der Waals surface area contributed by atoms with Crippen LogP contribution in [0.3, 0.4) is 0 Å². The van der Waals surface area contributed by atoms with Crippen molar-refractivity contribution in [3.63, 3.8) is 0 Å². The number of aromatic hydroxyl groups is 1. The number of phenolic OH excluding ortho intramolecular Hbond substituents is 1. The lowest BCUT2D eigenvalue weighted by molar-refractivity contribution is 0.288. The van der Waals surface area contributed by atoms with E-state index in [1.165, 1.54) is 6.33 Å². The molecule has 0 aliphatic heterocycles. The van der Waals surface area contributed by atoms with E-state index in [9.17, 15) is 5.11 Å². The molecule has 0 radical (unpaired) electrons. The SMILES string of the molecule is Oc1ccc(-c2n[nH]c(COc3ncnc4ccccc34)n2)cc1. The van der Waals surface area contributed by atoms with Crippen LogP contribution in [0.1, 0.15) is 5.82 Å². The molecule has 0 saturated carbocycles. The molecule has 0 saturated heterocycles. The van der Waals surface area contributed by atoms with Crippen LogP contribution < -0.4 is 4.74 Å². The number of H-pyrrole nitrogens is 1. The van der Waals surface area contributed by atoms with Crippen LogP contribution in [0.5, 0.6) is 11.6 Å². The van der Waals surface area contributed by atoms with Crippen molar-refractivity contribution in [1.29, 1.82) is 0 Å². The predicted octanol–water partition coefficient (Wildman–Crippen LogP) is 2.70. The summed E-state index contributed by atoms with van der Waals surface area (Å²) >= 11 is 0. The van der Waals surface area contributed by atoms with Crippen LogP contribution in [0.25, 0.3) is 22.3 Å². The summed E-state index contributed by atoms with van der Waals surface area (Å²) in [6, 6.07) is 14.3. The van der Waals surface area contributed by atoms with Gasteiger partial charge in [0.2, 0.25) is 5.88 Å². The van der Waals surface area contributed by atoms with Gasteiger partial charge in [0.1, 0.15) is 18.7 Å². The second kappa shape index (κ2) is 5.96. The van der Waals surface area contributed by atoms with Gasteiger partial charge < -0.3 is 9.84 Å². The molecule has 0 bridgehead atoms. The van der Waals surface area contributed by atoms with E-state index >= 15 is 0 Å². The van der Waals surface area contributed by atoms with Crippen LogP contribution in [-0.4, -0.2) is 30.3 Å². The lowest BCUT2D eigenvalue weighted by Crippen LogP contribution is -2.00. The van der Waals surface area contributed by atoms with Crippen LogP contribution >= 0.6 is 0 Å². The number of phenols is 1. The summed E-state index contributed by atoms with van der Waals surface area (Å²) in [5.74, 6) is 1.83. The molecule has 2 heterocycles. The first-order valence-electron chi connectivity index (χ1n) is 7.33. The highest BCUT2D eigenvalue weighted by atomic mass is 16.5. The first-order chi connectivity index (χ1) is 11.8. The fourth-order valence-corrected chi connectivity index (χ4v) is 2.33. The monoisotopic (exact) mass is 319 g/mol. The largest absolute Gasteiger partial charge is 0.508 e. The average molecular weight is 319 g/mol. The van der Waals surface area contributed by atoms with Crippen LogP contribution in [0.15, 0.2) is 54.9 Å². The number of aromatic nitrogens is 5. The van der Waals surface area contributed by atoms with E-state index in [0.717, 1.165) is 16.5 Å². The van der Waals surface area contributed by atoms with Crippen LogP contribution in [0.4, 0.5) is 0 Å². The van der Waals surface area contributed by atoms with E-state index in [4.69, 9.17) is 4.74 Å². The number of benzene rings is 2. The Hall–Kier alpha value is -3.48. The van der Waals surface area contributed by atoms with Crippen molar-refractivity contribution in [2.24, 2.45) is 0 Å². The maximum Gasteiger partial charge on any atom is 0.224 e. The Kier molecular flexibility index (Phi) is 3.51. The molecule has 2 aromatic heterocycles. The maximum absolute atomic E-state index is 9.32. The molecule has 118 valence electrons. The van der Waals surface area contributed by atoms with Crippen molar-refractivity contribution >= 4 is 10.9 Å². The quantitative estimate of drug-likeness (QED) is 0.600. The zero-order chi connectivity index (χ0) is 16.4. The van der Waals surface area contributed by atoms with Crippen LogP contribution in [0, 0.1) is 0 Å². The minimum Gasteiger partial charge on any atom is -0.508 e. The maximum atomic E-state index is 9.32. The second-order valence-electron chi connectivity index (χ2n) is 5.14. The van der Waals surface area contributed by atoms with Crippen molar-refractivity contribution in [3.8, 4) is 23.0 Å². The first kappa shape index (κ1) is 14.1. The van der Waals surface area contributed by atoms with E-state index in [0.29, 0.717) is 17.5 Å². The number of nitrogens with zero attached hydrogens (tertiary/aromatic N) is 4. The average Bonchev–Trinajstić information content (AvgIpc) is 3.09. The molecule has 0 atom stereocenters. The summed E-state index contributed by atoms with van der Waals surface area (Å²) in [6.07, 6.45) is 1.47. The summed E-state index contributed by atoms with van der Waals surface area (Å²) in [5, 5.41) is 17.2. The Morgan fingerprint density at radius 2 is 1.83 bits per heavy atom. The summed E-state index contributed by atoms with van der Waals surface area (Å²) < 4.78 is 5.75. The summed E-state index contributed by atoms with van der Waals surface area (Å²) in [4.78, 5) is 12.8. The molecule has 0 unspecified atom stereocenters. The van der Waals surface area contributed by atoms with Gasteiger partial charge in [-0.3, -0.25) is 5.10 Å². The van der Waals surface area contributed by atoms with Gasteiger partial charge in [-0.1, -0.05) is 12.1 Å². The van der Waals surface area contributed by atoms with Gasteiger partial charge in [-0.25, -0.2) is 15.0 Å². The highest BCUT2D eigenvalue weighted by molar-refractivity contribution is 5.82. The minimum atomic E-state index is 0.202. The van der Waals surface area contributed by atoms with Gasteiger partial charge in [0.05, 0.1) is 10.9 Å². The highest BCUT2D eigenvalue weighted by Gasteiger charge is 2.09. The molecule has 7 nitrogen and oxygen atoms in total. The van der Waals surface area contributed by atoms with E-state index in [-0.39, 0.29) is 12.4 Å². The molecular weight excluding hydrogens is 306 g/mol. The fourth-order valence-electron chi connectivity index (χ4n) is 2.33. The van der Waals surface area contributed by atoms with E-state index in [2.05, 4.69) is 25.1 Å². The molecular formula is C17H13N5O2. The van der Waals surface area contributed by atoms with Gasteiger partial charge in [-0.05, 0) is 36.4 Å². The third-order valence-corrected chi connectivity index (χ3v) is 3.51.